The Morgan fingerprint density at radius 2 is 2.00 bits per heavy atom. The molecule has 0 spiro atoms. The SMILES string of the molecule is COc1cc(=O)n2c(c1C(=O)NCc1nonc1C)CCN(C(=O)Cc1ccccc1F)CC2. The molecule has 10 nitrogen and oxygen atoms in total. The van der Waals surface area contributed by atoms with Crippen LogP contribution in [0.3, 0.4) is 0 Å². The third-order valence-corrected chi connectivity index (χ3v) is 5.86. The Labute approximate surface area is 194 Å². The van der Waals surface area contributed by atoms with Gasteiger partial charge in [-0.15, -0.1) is 0 Å². The molecule has 4 rings (SSSR count). The number of pyridine rings is 1. The number of nitrogens with one attached hydrogen (secondary N) is 1. The maximum atomic E-state index is 14.0. The average molecular weight is 469 g/mol. The normalized spacial score (nSPS) is 13.2. The van der Waals surface area contributed by atoms with Crippen molar-refractivity contribution in [3.05, 3.63) is 74.7 Å². The van der Waals surface area contributed by atoms with Crippen molar-refractivity contribution in [3.63, 3.8) is 0 Å². The summed E-state index contributed by atoms with van der Waals surface area (Å²) in [7, 11) is 1.38. The fourth-order valence-corrected chi connectivity index (χ4v) is 3.98. The van der Waals surface area contributed by atoms with E-state index in [4.69, 9.17) is 4.74 Å². The zero-order valence-electron chi connectivity index (χ0n) is 18.8. The largest absolute Gasteiger partial charge is 0.496 e. The molecule has 0 aliphatic carbocycles. The Morgan fingerprint density at radius 3 is 2.71 bits per heavy atom. The van der Waals surface area contributed by atoms with E-state index >= 15 is 0 Å². The van der Waals surface area contributed by atoms with Crippen LogP contribution in [0.2, 0.25) is 0 Å². The molecule has 1 N–H and O–H groups in total. The summed E-state index contributed by atoms with van der Waals surface area (Å²) < 4.78 is 25.5. The topological polar surface area (TPSA) is 120 Å². The van der Waals surface area contributed by atoms with Gasteiger partial charge in [-0.3, -0.25) is 14.4 Å². The highest BCUT2D eigenvalue weighted by Crippen LogP contribution is 2.23. The zero-order valence-corrected chi connectivity index (χ0v) is 18.8. The van der Waals surface area contributed by atoms with E-state index < -0.39 is 11.7 Å². The van der Waals surface area contributed by atoms with Gasteiger partial charge in [-0.2, -0.15) is 0 Å². The van der Waals surface area contributed by atoms with Crippen LogP contribution in [-0.2, 0) is 30.7 Å². The Balaban J connectivity index is 1.56. The molecule has 3 aromatic rings. The molecule has 2 amide bonds. The Bertz CT molecular complexity index is 1280. The van der Waals surface area contributed by atoms with Crippen LogP contribution in [0.1, 0.15) is 33.0 Å². The Morgan fingerprint density at radius 1 is 1.21 bits per heavy atom. The summed E-state index contributed by atoms with van der Waals surface area (Å²) in [5, 5.41) is 10.2. The first kappa shape index (κ1) is 23.1. The highest BCUT2D eigenvalue weighted by atomic mass is 19.1. The lowest BCUT2D eigenvalue weighted by molar-refractivity contribution is -0.130. The molecule has 0 unspecified atom stereocenters. The van der Waals surface area contributed by atoms with Gasteiger partial charge < -0.3 is 19.5 Å². The number of hydrogen-bond donors (Lipinski definition) is 1. The minimum Gasteiger partial charge on any atom is -0.496 e. The van der Waals surface area contributed by atoms with Gasteiger partial charge in [-0.1, -0.05) is 28.5 Å². The number of rotatable bonds is 6. The number of carbonyl (C=O) groups is 2. The van der Waals surface area contributed by atoms with E-state index in [9.17, 15) is 18.8 Å². The summed E-state index contributed by atoms with van der Waals surface area (Å²) in [6.45, 7) is 2.53. The number of amides is 2. The molecule has 11 heteroatoms. The van der Waals surface area contributed by atoms with Crippen molar-refractivity contribution in [2.75, 3.05) is 20.2 Å². The lowest BCUT2D eigenvalue weighted by atomic mass is 10.1. The van der Waals surface area contributed by atoms with E-state index in [0.717, 1.165) is 0 Å². The van der Waals surface area contributed by atoms with E-state index in [1.807, 2.05) is 0 Å². The van der Waals surface area contributed by atoms with Gasteiger partial charge in [0.25, 0.3) is 11.5 Å². The van der Waals surface area contributed by atoms with Crippen molar-refractivity contribution in [3.8, 4) is 5.75 Å². The van der Waals surface area contributed by atoms with Crippen molar-refractivity contribution in [2.45, 2.75) is 32.9 Å². The molecule has 0 bridgehead atoms. The highest BCUT2D eigenvalue weighted by Gasteiger charge is 2.27. The molecular formula is C23H24FN5O5. The van der Waals surface area contributed by atoms with Crippen molar-refractivity contribution in [1.82, 2.24) is 25.1 Å². The molecule has 3 heterocycles. The summed E-state index contributed by atoms with van der Waals surface area (Å²) >= 11 is 0. The standard InChI is InChI=1S/C23H24FN5O5/c1-14-17(27-34-26-14)13-25-23(32)22-18-7-8-28(9-10-29(18)21(31)12-19(22)33-2)20(30)11-15-5-3-4-6-16(15)24/h3-6,12H,7-11,13H2,1-2H3,(H,25,32). The first-order chi connectivity index (χ1) is 16.4. The predicted molar refractivity (Wildman–Crippen MR) is 118 cm³/mol. The highest BCUT2D eigenvalue weighted by molar-refractivity contribution is 5.98. The van der Waals surface area contributed by atoms with Gasteiger partial charge in [0, 0.05) is 37.8 Å². The van der Waals surface area contributed by atoms with Crippen LogP contribution in [0.5, 0.6) is 5.75 Å². The van der Waals surface area contributed by atoms with Crippen LogP contribution in [0.15, 0.2) is 39.8 Å². The first-order valence-corrected chi connectivity index (χ1v) is 10.8. The molecular weight excluding hydrogens is 445 g/mol. The van der Waals surface area contributed by atoms with Crippen LogP contribution in [0, 0.1) is 12.7 Å². The predicted octanol–water partition coefficient (Wildman–Crippen LogP) is 1.24. The van der Waals surface area contributed by atoms with Crippen LogP contribution in [0.25, 0.3) is 0 Å². The number of methoxy groups -OCH3 is 1. The summed E-state index contributed by atoms with van der Waals surface area (Å²) in [5.41, 5.74) is 1.71. The molecule has 178 valence electrons. The first-order valence-electron chi connectivity index (χ1n) is 10.8. The van der Waals surface area contributed by atoms with E-state index in [-0.39, 0.29) is 61.8 Å². The lowest BCUT2D eigenvalue weighted by Crippen LogP contribution is -2.35. The zero-order chi connectivity index (χ0) is 24.2. The minimum atomic E-state index is -0.450. The quantitative estimate of drug-likeness (QED) is 0.577. The smallest absolute Gasteiger partial charge is 0.257 e. The van der Waals surface area contributed by atoms with Gasteiger partial charge in [0.05, 0.1) is 20.1 Å². The number of fused-ring (bicyclic) bond motifs is 1. The summed E-state index contributed by atoms with van der Waals surface area (Å²) in [6, 6.07) is 7.39. The second-order valence-electron chi connectivity index (χ2n) is 7.90. The number of nitrogens with zero attached hydrogens (tertiary/aromatic N) is 4. The summed E-state index contributed by atoms with van der Waals surface area (Å²) in [6.07, 6.45) is 0.169. The van der Waals surface area contributed by atoms with Crippen LogP contribution in [-0.4, -0.2) is 51.8 Å². The van der Waals surface area contributed by atoms with E-state index in [2.05, 4.69) is 20.3 Å². The minimum absolute atomic E-state index is 0.0837. The van der Waals surface area contributed by atoms with Crippen molar-refractivity contribution in [2.24, 2.45) is 0 Å². The van der Waals surface area contributed by atoms with Crippen molar-refractivity contribution < 1.29 is 23.3 Å². The van der Waals surface area contributed by atoms with Gasteiger partial charge in [0.15, 0.2) is 0 Å². The molecule has 2 aromatic heterocycles. The third-order valence-electron chi connectivity index (χ3n) is 5.86. The number of aryl methyl sites for hydroxylation is 1. The maximum absolute atomic E-state index is 14.0. The number of aromatic nitrogens is 3. The van der Waals surface area contributed by atoms with Gasteiger partial charge in [0.1, 0.15) is 28.5 Å². The number of ether oxygens (including phenoxy) is 1. The molecule has 1 aliphatic rings. The monoisotopic (exact) mass is 469 g/mol. The second kappa shape index (κ2) is 9.86. The van der Waals surface area contributed by atoms with Gasteiger partial charge in [-0.25, -0.2) is 9.02 Å². The molecule has 0 saturated heterocycles. The molecule has 0 fully saturated rings. The molecule has 34 heavy (non-hydrogen) atoms. The maximum Gasteiger partial charge on any atom is 0.257 e. The molecule has 1 aliphatic heterocycles. The third kappa shape index (κ3) is 4.68. The fourth-order valence-electron chi connectivity index (χ4n) is 3.98. The molecule has 0 atom stereocenters. The van der Waals surface area contributed by atoms with Gasteiger partial charge >= 0.3 is 0 Å². The van der Waals surface area contributed by atoms with E-state index in [0.29, 0.717) is 22.6 Å². The summed E-state index contributed by atoms with van der Waals surface area (Å²) in [4.78, 5) is 40.3. The average Bonchev–Trinajstić information content (AvgIpc) is 3.10. The van der Waals surface area contributed by atoms with Crippen molar-refractivity contribution >= 4 is 11.8 Å². The van der Waals surface area contributed by atoms with Gasteiger partial charge in [0.2, 0.25) is 5.91 Å². The van der Waals surface area contributed by atoms with E-state index in [1.165, 1.54) is 23.8 Å². The summed E-state index contributed by atoms with van der Waals surface area (Å²) in [5.74, 6) is -0.992. The van der Waals surface area contributed by atoms with E-state index in [1.54, 1.807) is 30.0 Å². The van der Waals surface area contributed by atoms with Crippen LogP contribution >= 0.6 is 0 Å². The molecule has 1 aromatic carbocycles. The number of hydrogen-bond acceptors (Lipinski definition) is 7. The Kier molecular flexibility index (Phi) is 6.71. The van der Waals surface area contributed by atoms with Gasteiger partial charge in [-0.05, 0) is 18.6 Å². The van der Waals surface area contributed by atoms with Crippen LogP contribution < -0.4 is 15.6 Å². The number of halogens is 1. The Hall–Kier alpha value is -4.02. The molecule has 0 saturated carbocycles. The fraction of sp³-hybridized carbons (Fsp3) is 0.348. The van der Waals surface area contributed by atoms with Crippen LogP contribution in [0.4, 0.5) is 4.39 Å². The second-order valence-corrected chi connectivity index (χ2v) is 7.90. The molecule has 0 radical (unpaired) electrons. The number of carbonyl (C=O) groups excluding carboxylic acids is 2. The van der Waals surface area contributed by atoms with Crippen molar-refractivity contribution in [1.29, 1.82) is 0 Å². The lowest BCUT2D eigenvalue weighted by Gasteiger charge is -2.20. The number of benzene rings is 1.